The van der Waals surface area contributed by atoms with Gasteiger partial charge in [0.1, 0.15) is 0 Å². The molecule has 0 unspecified atom stereocenters. The van der Waals surface area contributed by atoms with E-state index in [2.05, 4.69) is 0 Å². The van der Waals surface area contributed by atoms with Crippen molar-refractivity contribution in [2.45, 2.75) is 25.9 Å². The number of carbonyl (C=O) groups is 2. The fourth-order valence-electron chi connectivity index (χ4n) is 3.06. The molecule has 1 saturated heterocycles. The predicted molar refractivity (Wildman–Crippen MR) is 119 cm³/mol. The molecule has 0 aromatic heterocycles. The third-order valence-corrected chi connectivity index (χ3v) is 5.70. The second kappa shape index (κ2) is 10.2. The van der Waals surface area contributed by atoms with Gasteiger partial charge in [-0.05, 0) is 54.1 Å². The van der Waals surface area contributed by atoms with Gasteiger partial charge in [-0.25, -0.2) is 0 Å². The zero-order chi connectivity index (χ0) is 25.0. The van der Waals surface area contributed by atoms with E-state index in [1.165, 1.54) is 36.3 Å². The fourth-order valence-corrected chi connectivity index (χ4v) is 3.92. The summed E-state index contributed by atoms with van der Waals surface area (Å²) in [5, 5.41) is 10.9. The Kier molecular flexibility index (Phi) is 7.50. The molecule has 180 valence electrons. The quantitative estimate of drug-likeness (QED) is 0.242. The van der Waals surface area contributed by atoms with Crippen LogP contribution in [0.1, 0.15) is 30.9 Å². The lowest BCUT2D eigenvalue weighted by atomic mass is 10.1. The van der Waals surface area contributed by atoms with E-state index < -0.39 is 34.0 Å². The lowest BCUT2D eigenvalue weighted by Crippen LogP contribution is -2.29. The third kappa shape index (κ3) is 5.50. The van der Waals surface area contributed by atoms with Gasteiger partial charge >= 0.3 is 11.9 Å². The molecule has 2 amide bonds. The first kappa shape index (κ1) is 25.1. The fraction of sp³-hybridized carbons (Fsp3) is 0.273. The number of nitro benzene ring substituents is 1. The number of amides is 2. The maximum absolute atomic E-state index is 12.9. The van der Waals surface area contributed by atoms with Gasteiger partial charge < -0.3 is 9.47 Å². The van der Waals surface area contributed by atoms with Crippen LogP contribution in [0.25, 0.3) is 6.08 Å². The van der Waals surface area contributed by atoms with Gasteiger partial charge in [0.25, 0.3) is 11.1 Å². The van der Waals surface area contributed by atoms with Gasteiger partial charge in [-0.3, -0.25) is 24.6 Å². The number of thioether (sulfide) groups is 1. The standard InChI is InChI=1S/C22H19F3N2O6S/c1-3-4-9-26-20(28)19(34-21(26)29)11-13-5-7-17(18(10-13)32-2)33-16-8-6-14(22(23,24)25)12-15(16)27(30)31/h5-8,10-12H,3-4,9H2,1-2H3. The van der Waals surface area contributed by atoms with Crippen LogP contribution in [0.15, 0.2) is 41.3 Å². The van der Waals surface area contributed by atoms with Crippen LogP contribution in [0.4, 0.5) is 23.7 Å². The highest BCUT2D eigenvalue weighted by Crippen LogP contribution is 2.41. The number of halogens is 3. The summed E-state index contributed by atoms with van der Waals surface area (Å²) in [4.78, 5) is 36.3. The highest BCUT2D eigenvalue weighted by molar-refractivity contribution is 8.18. The number of ether oxygens (including phenoxy) is 2. The maximum Gasteiger partial charge on any atom is 0.416 e. The van der Waals surface area contributed by atoms with Crippen LogP contribution in [0.2, 0.25) is 0 Å². The van der Waals surface area contributed by atoms with E-state index in [9.17, 15) is 32.9 Å². The lowest BCUT2D eigenvalue weighted by molar-refractivity contribution is -0.385. The summed E-state index contributed by atoms with van der Waals surface area (Å²) in [6.45, 7) is 2.28. The molecule has 0 saturated carbocycles. The molecule has 3 rings (SSSR count). The maximum atomic E-state index is 12.9. The van der Waals surface area contributed by atoms with E-state index in [4.69, 9.17) is 9.47 Å². The van der Waals surface area contributed by atoms with E-state index in [0.717, 1.165) is 24.2 Å². The summed E-state index contributed by atoms with van der Waals surface area (Å²) >= 11 is 0.815. The Labute approximate surface area is 196 Å². The first-order chi connectivity index (χ1) is 16.0. The highest BCUT2D eigenvalue weighted by atomic mass is 32.2. The Morgan fingerprint density at radius 1 is 1.12 bits per heavy atom. The number of carbonyl (C=O) groups excluding carboxylic acids is 2. The first-order valence-corrected chi connectivity index (χ1v) is 10.8. The Balaban J connectivity index is 1.88. The van der Waals surface area contributed by atoms with Crippen molar-refractivity contribution in [3.63, 3.8) is 0 Å². The van der Waals surface area contributed by atoms with Gasteiger partial charge in [0.2, 0.25) is 5.75 Å². The molecule has 1 aliphatic rings. The van der Waals surface area contributed by atoms with E-state index >= 15 is 0 Å². The molecule has 0 N–H and O–H groups in total. The number of alkyl halides is 3. The van der Waals surface area contributed by atoms with Crippen LogP contribution in [-0.2, 0) is 11.0 Å². The van der Waals surface area contributed by atoms with Gasteiger partial charge in [-0.2, -0.15) is 13.2 Å². The summed E-state index contributed by atoms with van der Waals surface area (Å²) in [5.41, 5.74) is -1.55. The minimum Gasteiger partial charge on any atom is -0.493 e. The molecule has 2 aromatic carbocycles. The number of benzene rings is 2. The van der Waals surface area contributed by atoms with Crippen LogP contribution in [-0.4, -0.2) is 34.6 Å². The van der Waals surface area contributed by atoms with E-state index in [1.807, 2.05) is 6.92 Å². The van der Waals surface area contributed by atoms with Crippen molar-refractivity contribution in [1.29, 1.82) is 0 Å². The van der Waals surface area contributed by atoms with Crippen molar-refractivity contribution >= 4 is 34.7 Å². The van der Waals surface area contributed by atoms with Crippen LogP contribution >= 0.6 is 11.8 Å². The lowest BCUT2D eigenvalue weighted by Gasteiger charge is -2.13. The summed E-state index contributed by atoms with van der Waals surface area (Å²) < 4.78 is 49.5. The van der Waals surface area contributed by atoms with Crippen molar-refractivity contribution in [1.82, 2.24) is 4.90 Å². The second-order valence-electron chi connectivity index (χ2n) is 7.14. The summed E-state index contributed by atoms with van der Waals surface area (Å²) in [6.07, 6.45) is -1.72. The first-order valence-electron chi connectivity index (χ1n) is 10.0. The molecule has 12 heteroatoms. The molecule has 8 nitrogen and oxygen atoms in total. The van der Waals surface area contributed by atoms with Gasteiger partial charge in [0.05, 0.1) is 22.5 Å². The van der Waals surface area contributed by atoms with Gasteiger partial charge in [0.15, 0.2) is 11.5 Å². The largest absolute Gasteiger partial charge is 0.493 e. The van der Waals surface area contributed by atoms with E-state index in [-0.39, 0.29) is 21.6 Å². The number of nitrogens with zero attached hydrogens (tertiary/aromatic N) is 2. The van der Waals surface area contributed by atoms with Crippen molar-refractivity contribution in [3.8, 4) is 17.2 Å². The zero-order valence-electron chi connectivity index (χ0n) is 18.0. The smallest absolute Gasteiger partial charge is 0.416 e. The predicted octanol–water partition coefficient (Wildman–Crippen LogP) is 6.25. The van der Waals surface area contributed by atoms with Gasteiger partial charge in [-0.1, -0.05) is 19.4 Å². The molecule has 0 atom stereocenters. The van der Waals surface area contributed by atoms with Crippen molar-refractivity contribution < 1.29 is 37.2 Å². The van der Waals surface area contributed by atoms with E-state index in [1.54, 1.807) is 0 Å². The number of nitro groups is 1. The van der Waals surface area contributed by atoms with Crippen molar-refractivity contribution in [2.24, 2.45) is 0 Å². The molecule has 1 fully saturated rings. The minimum atomic E-state index is -4.75. The molecule has 0 bridgehead atoms. The number of hydrogen-bond acceptors (Lipinski definition) is 7. The minimum absolute atomic E-state index is 0.0126. The molecule has 0 spiro atoms. The van der Waals surface area contributed by atoms with Crippen molar-refractivity contribution in [2.75, 3.05) is 13.7 Å². The third-order valence-electron chi connectivity index (χ3n) is 4.80. The summed E-state index contributed by atoms with van der Waals surface area (Å²) in [5.74, 6) is -0.670. The Morgan fingerprint density at radius 2 is 1.82 bits per heavy atom. The summed E-state index contributed by atoms with van der Waals surface area (Å²) in [6, 6.07) is 6.33. The normalized spacial score (nSPS) is 15.2. The van der Waals surface area contributed by atoms with E-state index in [0.29, 0.717) is 30.7 Å². The topological polar surface area (TPSA) is 99.0 Å². The van der Waals surface area contributed by atoms with Crippen molar-refractivity contribution in [3.05, 3.63) is 62.5 Å². The second-order valence-corrected chi connectivity index (χ2v) is 8.13. The highest BCUT2D eigenvalue weighted by Gasteiger charge is 2.35. The average Bonchev–Trinajstić information content (AvgIpc) is 3.04. The van der Waals surface area contributed by atoms with Gasteiger partial charge in [0, 0.05) is 12.6 Å². The Hall–Kier alpha value is -3.54. The van der Waals surface area contributed by atoms with Crippen LogP contribution < -0.4 is 9.47 Å². The summed E-state index contributed by atoms with van der Waals surface area (Å²) in [7, 11) is 1.31. The Morgan fingerprint density at radius 3 is 2.44 bits per heavy atom. The van der Waals surface area contributed by atoms with Crippen LogP contribution in [0.5, 0.6) is 17.2 Å². The number of hydrogen-bond donors (Lipinski definition) is 0. The molecule has 1 aliphatic heterocycles. The molecule has 0 aliphatic carbocycles. The number of rotatable bonds is 8. The molecule has 0 radical (unpaired) electrons. The average molecular weight is 496 g/mol. The number of methoxy groups -OCH3 is 1. The monoisotopic (exact) mass is 496 g/mol. The molecular weight excluding hydrogens is 477 g/mol. The zero-order valence-corrected chi connectivity index (χ0v) is 18.9. The molecule has 34 heavy (non-hydrogen) atoms. The van der Waals surface area contributed by atoms with Crippen LogP contribution in [0, 0.1) is 10.1 Å². The molecule has 2 aromatic rings. The van der Waals surface area contributed by atoms with Crippen LogP contribution in [0.3, 0.4) is 0 Å². The molecular formula is C22H19F3N2O6S. The molecule has 1 heterocycles. The number of unbranched alkanes of at least 4 members (excludes halogenated alkanes) is 1. The van der Waals surface area contributed by atoms with Gasteiger partial charge in [-0.15, -0.1) is 0 Å². The Bertz CT molecular complexity index is 1170. The SMILES string of the molecule is CCCCN1C(=O)SC(=Cc2ccc(Oc3ccc(C(F)(F)F)cc3[N+](=O)[O-])c(OC)c2)C1=O. The number of imide groups is 1.